The topological polar surface area (TPSA) is 76.2 Å². The van der Waals surface area contributed by atoms with Gasteiger partial charge in [-0.25, -0.2) is 4.79 Å². The lowest BCUT2D eigenvalue weighted by Crippen LogP contribution is -2.40. The maximum atomic E-state index is 13.3. The minimum Gasteiger partial charge on any atom is -0.463 e. The van der Waals surface area contributed by atoms with Crippen LogP contribution in [0.25, 0.3) is 0 Å². The van der Waals surface area contributed by atoms with Crippen LogP contribution in [0.15, 0.2) is 59.8 Å². The number of nitrogens with zero attached hydrogens (tertiary/aromatic N) is 2. The Morgan fingerprint density at radius 2 is 1.80 bits per heavy atom. The van der Waals surface area contributed by atoms with E-state index in [4.69, 9.17) is 9.47 Å². The minimum atomic E-state index is -0.396. The molecule has 2 aromatic carbocycles. The van der Waals surface area contributed by atoms with Gasteiger partial charge in [0.15, 0.2) is 0 Å². The molecule has 35 heavy (non-hydrogen) atoms. The highest BCUT2D eigenvalue weighted by Gasteiger charge is 2.37. The van der Waals surface area contributed by atoms with Crippen LogP contribution >= 0.6 is 0 Å². The number of amides is 2. The lowest BCUT2D eigenvalue weighted by Gasteiger charge is -2.35. The number of carbonyl (C=O) groups is 3. The van der Waals surface area contributed by atoms with E-state index in [2.05, 4.69) is 0 Å². The van der Waals surface area contributed by atoms with Crippen molar-refractivity contribution in [2.24, 2.45) is 0 Å². The van der Waals surface area contributed by atoms with Crippen molar-refractivity contribution >= 4 is 17.8 Å². The minimum absolute atomic E-state index is 0.0424. The lowest BCUT2D eigenvalue weighted by atomic mass is 9.81. The first-order chi connectivity index (χ1) is 16.9. The van der Waals surface area contributed by atoms with E-state index >= 15 is 0 Å². The molecule has 4 rings (SSSR count). The highest BCUT2D eigenvalue weighted by Crippen LogP contribution is 2.39. The molecule has 1 saturated heterocycles. The summed E-state index contributed by atoms with van der Waals surface area (Å²) in [6.45, 7) is 8.32. The summed E-state index contributed by atoms with van der Waals surface area (Å²) in [5, 5.41) is 0. The third-order valence-electron chi connectivity index (χ3n) is 6.70. The highest BCUT2D eigenvalue weighted by atomic mass is 16.5. The number of hydrogen-bond acceptors (Lipinski definition) is 5. The van der Waals surface area contributed by atoms with Crippen LogP contribution in [-0.4, -0.2) is 60.5 Å². The molecule has 2 heterocycles. The molecule has 0 aromatic heterocycles. The molecule has 0 radical (unpaired) electrons. The van der Waals surface area contributed by atoms with Crippen molar-refractivity contribution in [3.8, 4) is 0 Å². The average Bonchev–Trinajstić information content (AvgIpc) is 2.87. The van der Waals surface area contributed by atoms with Crippen molar-refractivity contribution in [1.29, 1.82) is 0 Å². The third-order valence-corrected chi connectivity index (χ3v) is 6.70. The summed E-state index contributed by atoms with van der Waals surface area (Å²) >= 11 is 0. The first kappa shape index (κ1) is 24.7. The number of benzene rings is 2. The van der Waals surface area contributed by atoms with Gasteiger partial charge in [-0.15, -0.1) is 0 Å². The number of aryl methyl sites for hydroxylation is 1. The van der Waals surface area contributed by atoms with Crippen molar-refractivity contribution in [1.82, 2.24) is 9.80 Å². The fourth-order valence-corrected chi connectivity index (χ4v) is 4.85. The first-order valence-corrected chi connectivity index (χ1v) is 12.1. The number of hydrogen-bond donors (Lipinski definition) is 0. The van der Waals surface area contributed by atoms with Crippen LogP contribution in [0.4, 0.5) is 0 Å². The van der Waals surface area contributed by atoms with Crippen LogP contribution in [0.1, 0.15) is 53.2 Å². The van der Waals surface area contributed by atoms with E-state index in [1.54, 1.807) is 29.7 Å². The van der Waals surface area contributed by atoms with Gasteiger partial charge in [0, 0.05) is 36.7 Å². The van der Waals surface area contributed by atoms with E-state index < -0.39 is 5.97 Å². The van der Waals surface area contributed by atoms with E-state index in [1.807, 2.05) is 49.4 Å². The lowest BCUT2D eigenvalue weighted by molar-refractivity contribution is -0.140. The van der Waals surface area contributed by atoms with Crippen LogP contribution in [0.3, 0.4) is 0 Å². The van der Waals surface area contributed by atoms with Gasteiger partial charge in [0.05, 0.1) is 31.9 Å². The zero-order chi connectivity index (χ0) is 24.9. The highest BCUT2D eigenvalue weighted by molar-refractivity contribution is 5.96. The normalized spacial score (nSPS) is 18.6. The van der Waals surface area contributed by atoms with E-state index in [0.29, 0.717) is 43.1 Å². The number of ether oxygens (including phenoxy) is 2. The van der Waals surface area contributed by atoms with Gasteiger partial charge < -0.3 is 19.3 Å². The predicted molar refractivity (Wildman–Crippen MR) is 132 cm³/mol. The van der Waals surface area contributed by atoms with Gasteiger partial charge in [-0.2, -0.15) is 0 Å². The summed E-state index contributed by atoms with van der Waals surface area (Å²) in [6, 6.07) is 15.2. The summed E-state index contributed by atoms with van der Waals surface area (Å²) < 4.78 is 10.7. The van der Waals surface area contributed by atoms with Gasteiger partial charge in [0.2, 0.25) is 5.91 Å². The molecular formula is C28H32N2O5. The number of esters is 1. The van der Waals surface area contributed by atoms with Gasteiger partial charge in [-0.05, 0) is 49.6 Å². The Labute approximate surface area is 206 Å². The molecule has 2 aliphatic rings. The monoisotopic (exact) mass is 476 g/mol. The number of rotatable bonds is 6. The van der Waals surface area contributed by atoms with Crippen LogP contribution < -0.4 is 0 Å². The second kappa shape index (κ2) is 10.9. The SMILES string of the molecule is CCOC(=O)C1=C(C)N(Cc2cccc(C(=O)N3CCOCC3)c2)C(=O)CC1c1ccccc1C. The fraction of sp³-hybridized carbons (Fsp3) is 0.393. The van der Waals surface area contributed by atoms with Crippen LogP contribution in [0.5, 0.6) is 0 Å². The van der Waals surface area contributed by atoms with Gasteiger partial charge >= 0.3 is 5.97 Å². The molecule has 0 bridgehead atoms. The number of carbonyl (C=O) groups excluding carboxylic acids is 3. The first-order valence-electron chi connectivity index (χ1n) is 12.1. The second-order valence-electron chi connectivity index (χ2n) is 8.92. The molecule has 0 N–H and O–H groups in total. The van der Waals surface area contributed by atoms with Gasteiger partial charge in [-0.1, -0.05) is 36.4 Å². The van der Waals surface area contributed by atoms with Crippen molar-refractivity contribution in [2.45, 2.75) is 39.7 Å². The molecular weight excluding hydrogens is 444 g/mol. The predicted octanol–water partition coefficient (Wildman–Crippen LogP) is 3.82. The van der Waals surface area contributed by atoms with Crippen molar-refractivity contribution in [3.05, 3.63) is 82.1 Å². The molecule has 7 heteroatoms. The van der Waals surface area contributed by atoms with Crippen molar-refractivity contribution in [3.63, 3.8) is 0 Å². The molecule has 0 aliphatic carbocycles. The maximum Gasteiger partial charge on any atom is 0.336 e. The maximum absolute atomic E-state index is 13.3. The van der Waals surface area contributed by atoms with Crippen molar-refractivity contribution < 1.29 is 23.9 Å². The molecule has 0 spiro atoms. The molecule has 7 nitrogen and oxygen atoms in total. The Bertz CT molecular complexity index is 1150. The van der Waals surface area contributed by atoms with Crippen LogP contribution in [0.2, 0.25) is 0 Å². The molecule has 1 fully saturated rings. The Morgan fingerprint density at radius 1 is 1.06 bits per heavy atom. The molecule has 2 amide bonds. The van der Waals surface area contributed by atoms with Gasteiger partial charge in [0.1, 0.15) is 0 Å². The number of morpholine rings is 1. The van der Waals surface area contributed by atoms with Crippen LogP contribution in [-0.2, 0) is 25.6 Å². The quantitative estimate of drug-likeness (QED) is 0.593. The molecule has 184 valence electrons. The largest absolute Gasteiger partial charge is 0.463 e. The molecule has 1 atom stereocenters. The Hall–Kier alpha value is -3.45. The van der Waals surface area contributed by atoms with E-state index in [9.17, 15) is 14.4 Å². The smallest absolute Gasteiger partial charge is 0.336 e. The van der Waals surface area contributed by atoms with Gasteiger partial charge in [0.25, 0.3) is 5.91 Å². The fourth-order valence-electron chi connectivity index (χ4n) is 4.85. The standard InChI is InChI=1S/C28H32N2O5/c1-4-35-28(33)26-20(3)30(25(31)17-24(26)23-11-6-5-8-19(23)2)18-21-9-7-10-22(16-21)27(32)29-12-14-34-15-13-29/h5-11,16,24H,4,12-15,17-18H2,1-3H3. The van der Waals surface area contributed by atoms with E-state index in [0.717, 1.165) is 16.7 Å². The summed E-state index contributed by atoms with van der Waals surface area (Å²) in [6.07, 6.45) is 0.183. The second-order valence-corrected chi connectivity index (χ2v) is 8.92. The Balaban J connectivity index is 1.65. The Kier molecular flexibility index (Phi) is 7.66. The van der Waals surface area contributed by atoms with Crippen LogP contribution in [0, 0.1) is 6.92 Å². The summed E-state index contributed by atoms with van der Waals surface area (Å²) in [5.74, 6) is -0.854. The summed E-state index contributed by atoms with van der Waals surface area (Å²) in [4.78, 5) is 42.8. The molecule has 2 aromatic rings. The molecule has 1 unspecified atom stereocenters. The number of allylic oxidation sites excluding steroid dienone is 1. The van der Waals surface area contributed by atoms with Crippen molar-refractivity contribution in [2.75, 3.05) is 32.9 Å². The van der Waals surface area contributed by atoms with E-state index in [-0.39, 0.29) is 37.3 Å². The summed E-state index contributed by atoms with van der Waals surface area (Å²) in [7, 11) is 0. The molecule has 2 aliphatic heterocycles. The third kappa shape index (κ3) is 5.30. The zero-order valence-electron chi connectivity index (χ0n) is 20.6. The Morgan fingerprint density at radius 3 is 2.51 bits per heavy atom. The molecule has 0 saturated carbocycles. The van der Waals surface area contributed by atoms with Gasteiger partial charge in [-0.3, -0.25) is 9.59 Å². The summed E-state index contributed by atoms with van der Waals surface area (Å²) in [5.41, 5.74) is 4.51. The average molecular weight is 477 g/mol. The van der Waals surface area contributed by atoms with E-state index in [1.165, 1.54) is 0 Å². The zero-order valence-corrected chi connectivity index (χ0v) is 20.6.